The lowest BCUT2D eigenvalue weighted by molar-refractivity contribution is 0.0517. The number of methoxy groups -OCH3 is 1. The number of fused-ring (bicyclic) bond motifs is 1. The number of aromatic nitrogens is 2. The van der Waals surface area contributed by atoms with Crippen LogP contribution in [-0.2, 0) is 14.6 Å². The van der Waals surface area contributed by atoms with E-state index in [0.29, 0.717) is 10.9 Å². The van der Waals surface area contributed by atoms with E-state index >= 15 is 0 Å². The highest BCUT2D eigenvalue weighted by atomic mass is 32.2. The first kappa shape index (κ1) is 15.2. The standard InChI is InChI=1S/C13H14N2O5S/c1-4-20-13(16)10-11(21(3,17)18)8-5-6-14-7-9(8)15-12(10)19-2/h5-7H,4H2,1-3H3. The van der Waals surface area contributed by atoms with E-state index in [1.165, 1.54) is 25.6 Å². The molecule has 0 saturated heterocycles. The molecular formula is C13H14N2O5S. The second-order valence-electron chi connectivity index (χ2n) is 4.21. The zero-order valence-corrected chi connectivity index (χ0v) is 12.6. The summed E-state index contributed by atoms with van der Waals surface area (Å²) >= 11 is 0. The zero-order chi connectivity index (χ0) is 15.6. The Bertz CT molecular complexity index is 802. The van der Waals surface area contributed by atoms with Crippen molar-refractivity contribution in [2.45, 2.75) is 11.8 Å². The van der Waals surface area contributed by atoms with Crippen molar-refractivity contribution in [1.29, 1.82) is 0 Å². The molecule has 0 saturated carbocycles. The normalized spacial score (nSPS) is 11.4. The van der Waals surface area contributed by atoms with E-state index < -0.39 is 15.8 Å². The number of carbonyl (C=O) groups is 1. The highest BCUT2D eigenvalue weighted by Crippen LogP contribution is 2.31. The van der Waals surface area contributed by atoms with Gasteiger partial charge in [0, 0.05) is 17.8 Å². The van der Waals surface area contributed by atoms with Crippen LogP contribution in [0, 0.1) is 0 Å². The first-order valence-electron chi connectivity index (χ1n) is 6.09. The minimum absolute atomic E-state index is 0.102. The molecule has 0 unspecified atom stereocenters. The molecule has 0 atom stereocenters. The first-order chi connectivity index (χ1) is 9.90. The average molecular weight is 310 g/mol. The van der Waals surface area contributed by atoms with E-state index in [2.05, 4.69) is 9.97 Å². The SMILES string of the molecule is CCOC(=O)c1c(OC)nc2cnccc2c1S(C)(=O)=O. The van der Waals surface area contributed by atoms with Gasteiger partial charge in [-0.3, -0.25) is 4.98 Å². The quantitative estimate of drug-likeness (QED) is 0.783. The van der Waals surface area contributed by atoms with Crippen LogP contribution >= 0.6 is 0 Å². The van der Waals surface area contributed by atoms with Gasteiger partial charge in [0.2, 0.25) is 5.88 Å². The van der Waals surface area contributed by atoms with Crippen LogP contribution in [0.3, 0.4) is 0 Å². The number of sulfone groups is 1. The summed E-state index contributed by atoms with van der Waals surface area (Å²) in [7, 11) is -2.40. The molecule has 7 nitrogen and oxygen atoms in total. The van der Waals surface area contributed by atoms with E-state index in [1.807, 2.05) is 0 Å². The van der Waals surface area contributed by atoms with Crippen molar-refractivity contribution in [3.63, 3.8) is 0 Å². The van der Waals surface area contributed by atoms with Crippen LogP contribution in [0.4, 0.5) is 0 Å². The van der Waals surface area contributed by atoms with Gasteiger partial charge in [-0.2, -0.15) is 0 Å². The van der Waals surface area contributed by atoms with Gasteiger partial charge in [-0.1, -0.05) is 0 Å². The summed E-state index contributed by atoms with van der Waals surface area (Å²) in [5, 5.41) is 0.302. The fraction of sp³-hybridized carbons (Fsp3) is 0.308. The van der Waals surface area contributed by atoms with Crippen LogP contribution < -0.4 is 4.74 Å². The highest BCUT2D eigenvalue weighted by Gasteiger charge is 2.28. The van der Waals surface area contributed by atoms with Crippen molar-refractivity contribution in [3.05, 3.63) is 24.0 Å². The fourth-order valence-corrected chi connectivity index (χ4v) is 3.09. The maximum Gasteiger partial charge on any atom is 0.345 e. The van der Waals surface area contributed by atoms with Gasteiger partial charge >= 0.3 is 5.97 Å². The molecule has 2 rings (SSSR count). The van der Waals surface area contributed by atoms with E-state index in [9.17, 15) is 13.2 Å². The molecular weight excluding hydrogens is 296 g/mol. The largest absolute Gasteiger partial charge is 0.480 e. The number of pyridine rings is 2. The summed E-state index contributed by atoms with van der Waals surface area (Å²) in [6.07, 6.45) is 3.85. The summed E-state index contributed by atoms with van der Waals surface area (Å²) in [5.74, 6) is -0.893. The van der Waals surface area contributed by atoms with Gasteiger partial charge in [-0.25, -0.2) is 18.2 Å². The topological polar surface area (TPSA) is 95.4 Å². The Morgan fingerprint density at radius 1 is 1.38 bits per heavy atom. The molecule has 0 fully saturated rings. The van der Waals surface area contributed by atoms with Crippen molar-refractivity contribution >= 4 is 26.7 Å². The molecule has 21 heavy (non-hydrogen) atoms. The van der Waals surface area contributed by atoms with Crippen molar-refractivity contribution in [1.82, 2.24) is 9.97 Å². The maximum absolute atomic E-state index is 12.1. The number of esters is 1. The van der Waals surface area contributed by atoms with Crippen molar-refractivity contribution in [2.75, 3.05) is 20.0 Å². The monoisotopic (exact) mass is 310 g/mol. The third-order valence-corrected chi connectivity index (χ3v) is 3.92. The van der Waals surface area contributed by atoms with E-state index in [0.717, 1.165) is 6.26 Å². The number of nitrogens with zero attached hydrogens (tertiary/aromatic N) is 2. The molecule has 0 aliphatic rings. The molecule has 0 aliphatic heterocycles. The van der Waals surface area contributed by atoms with Crippen LogP contribution in [0.5, 0.6) is 5.88 Å². The molecule has 0 amide bonds. The van der Waals surface area contributed by atoms with Gasteiger partial charge in [-0.05, 0) is 13.0 Å². The van der Waals surface area contributed by atoms with Crippen molar-refractivity contribution < 1.29 is 22.7 Å². The van der Waals surface area contributed by atoms with Crippen LogP contribution in [0.2, 0.25) is 0 Å². The highest BCUT2D eigenvalue weighted by molar-refractivity contribution is 7.91. The third kappa shape index (κ3) is 2.80. The zero-order valence-electron chi connectivity index (χ0n) is 11.8. The Hall–Kier alpha value is -2.22. The Morgan fingerprint density at radius 3 is 2.67 bits per heavy atom. The summed E-state index contributed by atoms with van der Waals surface area (Å²) in [4.78, 5) is 20.0. The van der Waals surface area contributed by atoms with E-state index in [4.69, 9.17) is 9.47 Å². The Morgan fingerprint density at radius 2 is 2.10 bits per heavy atom. The van der Waals surface area contributed by atoms with Crippen molar-refractivity contribution in [3.8, 4) is 5.88 Å². The number of carbonyl (C=O) groups excluding carboxylic acids is 1. The predicted molar refractivity (Wildman–Crippen MR) is 75.2 cm³/mol. The number of ether oxygens (including phenoxy) is 2. The molecule has 2 aromatic rings. The smallest absolute Gasteiger partial charge is 0.345 e. The third-order valence-electron chi connectivity index (χ3n) is 2.75. The lowest BCUT2D eigenvalue weighted by Crippen LogP contribution is -2.15. The number of hydrogen-bond acceptors (Lipinski definition) is 7. The molecule has 0 N–H and O–H groups in total. The van der Waals surface area contributed by atoms with Gasteiger partial charge < -0.3 is 9.47 Å². The van der Waals surface area contributed by atoms with Crippen LogP contribution in [0.15, 0.2) is 23.4 Å². The molecule has 0 bridgehead atoms. The van der Waals surface area contributed by atoms with Gasteiger partial charge in [0.1, 0.15) is 5.56 Å². The molecule has 0 aromatic carbocycles. The predicted octanol–water partition coefficient (Wildman–Crippen LogP) is 1.22. The minimum Gasteiger partial charge on any atom is -0.480 e. The lowest BCUT2D eigenvalue weighted by atomic mass is 10.2. The Balaban J connectivity index is 2.95. The van der Waals surface area contributed by atoms with E-state index in [-0.39, 0.29) is 22.9 Å². The van der Waals surface area contributed by atoms with Crippen LogP contribution in [-0.4, -0.2) is 44.3 Å². The second-order valence-corrected chi connectivity index (χ2v) is 6.16. The number of rotatable bonds is 4. The molecule has 8 heteroatoms. The van der Waals surface area contributed by atoms with Crippen LogP contribution in [0.25, 0.3) is 10.9 Å². The lowest BCUT2D eigenvalue weighted by Gasteiger charge is -2.13. The summed E-state index contributed by atoms with van der Waals surface area (Å²) < 4.78 is 34.2. The molecule has 0 spiro atoms. The van der Waals surface area contributed by atoms with E-state index in [1.54, 1.807) is 6.92 Å². The second kappa shape index (κ2) is 5.65. The van der Waals surface area contributed by atoms with Gasteiger partial charge in [-0.15, -0.1) is 0 Å². The molecule has 2 aromatic heterocycles. The van der Waals surface area contributed by atoms with Gasteiger partial charge in [0.05, 0.1) is 30.3 Å². The molecule has 2 heterocycles. The average Bonchev–Trinajstić information content (AvgIpc) is 2.44. The molecule has 112 valence electrons. The van der Waals surface area contributed by atoms with Crippen molar-refractivity contribution in [2.24, 2.45) is 0 Å². The van der Waals surface area contributed by atoms with Gasteiger partial charge in [0.15, 0.2) is 9.84 Å². The fourth-order valence-electron chi connectivity index (χ4n) is 1.98. The summed E-state index contributed by atoms with van der Waals surface area (Å²) in [5.41, 5.74) is 0.128. The van der Waals surface area contributed by atoms with Crippen LogP contribution in [0.1, 0.15) is 17.3 Å². The number of hydrogen-bond donors (Lipinski definition) is 0. The Labute approximate surface area is 121 Å². The first-order valence-corrected chi connectivity index (χ1v) is 7.98. The maximum atomic E-state index is 12.1. The Kier molecular flexibility index (Phi) is 4.08. The summed E-state index contributed by atoms with van der Waals surface area (Å²) in [6.45, 7) is 1.74. The molecule has 0 radical (unpaired) electrons. The van der Waals surface area contributed by atoms with Gasteiger partial charge in [0.25, 0.3) is 0 Å². The molecule has 0 aliphatic carbocycles. The summed E-state index contributed by atoms with van der Waals surface area (Å²) in [6, 6.07) is 1.49. The minimum atomic E-state index is -3.70.